The molecule has 1 N–H and O–H groups in total. The first kappa shape index (κ1) is 16.3. The number of hydrogen-bond donors (Lipinski definition) is 1. The Morgan fingerprint density at radius 2 is 2.00 bits per heavy atom. The van der Waals surface area contributed by atoms with Crippen LogP contribution in [0.3, 0.4) is 0 Å². The molecule has 118 valence electrons. The summed E-state index contributed by atoms with van der Waals surface area (Å²) in [5.41, 5.74) is 0.706. The summed E-state index contributed by atoms with van der Waals surface area (Å²) in [6.07, 6.45) is 2.21. The van der Waals surface area contributed by atoms with E-state index in [4.69, 9.17) is 9.47 Å². The van der Waals surface area contributed by atoms with Gasteiger partial charge in [0.1, 0.15) is 5.75 Å². The molecule has 5 nitrogen and oxygen atoms in total. The molecule has 1 aromatic carbocycles. The van der Waals surface area contributed by atoms with Gasteiger partial charge in [0.2, 0.25) is 0 Å². The van der Waals surface area contributed by atoms with E-state index in [0.717, 1.165) is 0 Å². The van der Waals surface area contributed by atoms with Gasteiger partial charge < -0.3 is 19.5 Å². The van der Waals surface area contributed by atoms with E-state index >= 15 is 0 Å². The highest BCUT2D eigenvalue weighted by Crippen LogP contribution is 2.34. The Kier molecular flexibility index (Phi) is 5.35. The normalized spacial score (nSPS) is 21.9. The number of hydrogen-bond acceptors (Lipinski definition) is 4. The first-order chi connectivity index (χ1) is 10.6. The number of benzene rings is 1. The van der Waals surface area contributed by atoms with Crippen molar-refractivity contribution in [2.24, 2.45) is 0 Å². The van der Waals surface area contributed by atoms with Crippen LogP contribution in [-0.2, 0) is 9.53 Å². The van der Waals surface area contributed by atoms with E-state index in [1.54, 1.807) is 48.4 Å². The predicted octanol–water partition coefficient (Wildman–Crippen LogP) is 1.92. The quantitative estimate of drug-likeness (QED) is 0.589. The van der Waals surface area contributed by atoms with Crippen molar-refractivity contribution >= 4 is 11.6 Å². The van der Waals surface area contributed by atoms with Gasteiger partial charge in [-0.2, -0.15) is 0 Å². The number of anilines is 1. The molecule has 0 unspecified atom stereocenters. The van der Waals surface area contributed by atoms with Crippen molar-refractivity contribution in [1.29, 1.82) is 0 Å². The Morgan fingerprint density at radius 1 is 1.32 bits per heavy atom. The minimum Gasteiger partial charge on any atom is -0.497 e. The van der Waals surface area contributed by atoms with Crippen molar-refractivity contribution in [2.45, 2.75) is 24.7 Å². The van der Waals surface area contributed by atoms with Crippen molar-refractivity contribution < 1.29 is 19.4 Å². The molecule has 1 aromatic rings. The van der Waals surface area contributed by atoms with Crippen LogP contribution in [0.1, 0.15) is 6.42 Å². The molecule has 0 saturated carbocycles. The Balaban J connectivity index is 2.21. The fourth-order valence-electron chi connectivity index (χ4n) is 2.55. The van der Waals surface area contributed by atoms with Gasteiger partial charge in [-0.25, -0.2) is 0 Å². The zero-order valence-corrected chi connectivity index (χ0v) is 12.6. The van der Waals surface area contributed by atoms with Crippen molar-refractivity contribution in [1.82, 2.24) is 0 Å². The van der Waals surface area contributed by atoms with Crippen LogP contribution in [0.15, 0.2) is 49.6 Å². The average molecular weight is 303 g/mol. The van der Waals surface area contributed by atoms with Crippen LogP contribution in [0.25, 0.3) is 0 Å². The number of carbonyl (C=O) groups excluding carboxylic acids is 1. The molecule has 3 atom stereocenters. The second-order valence-corrected chi connectivity index (χ2v) is 5.03. The maximum atomic E-state index is 12.3. The number of ether oxygens (including phenoxy) is 2. The summed E-state index contributed by atoms with van der Waals surface area (Å²) < 4.78 is 10.6. The lowest BCUT2D eigenvalue weighted by atomic mass is 9.90. The van der Waals surface area contributed by atoms with Gasteiger partial charge >= 0.3 is 0 Å². The third-order valence-corrected chi connectivity index (χ3v) is 3.64. The Labute approximate surface area is 130 Å². The minimum atomic E-state index is -0.730. The Bertz CT molecular complexity index is 540. The summed E-state index contributed by atoms with van der Waals surface area (Å²) in [6, 6.07) is 6.69. The van der Waals surface area contributed by atoms with E-state index in [9.17, 15) is 9.90 Å². The van der Waals surface area contributed by atoms with Crippen molar-refractivity contribution in [3.63, 3.8) is 0 Å². The fraction of sp³-hybridized carbons (Fsp3) is 0.353. The zero-order valence-electron chi connectivity index (χ0n) is 12.6. The number of β-lactam (4-membered cyclic amide) rings is 1. The molecule has 22 heavy (non-hydrogen) atoms. The van der Waals surface area contributed by atoms with E-state index in [2.05, 4.69) is 13.2 Å². The van der Waals surface area contributed by atoms with Gasteiger partial charge in [-0.3, -0.25) is 4.79 Å². The molecule has 1 saturated heterocycles. The van der Waals surface area contributed by atoms with E-state index in [-0.39, 0.29) is 12.5 Å². The number of carbonyl (C=O) groups is 1. The Morgan fingerprint density at radius 3 is 2.55 bits per heavy atom. The third kappa shape index (κ3) is 3.05. The van der Waals surface area contributed by atoms with Crippen LogP contribution in [0.5, 0.6) is 5.75 Å². The second-order valence-electron chi connectivity index (χ2n) is 5.03. The molecule has 1 heterocycles. The molecule has 1 fully saturated rings. The number of aliphatic hydroxyl groups excluding tert-OH is 1. The van der Waals surface area contributed by atoms with Crippen LogP contribution in [0.2, 0.25) is 0 Å². The number of methoxy groups -OCH3 is 1. The molecule has 1 amide bonds. The second kappa shape index (κ2) is 7.24. The molecule has 0 aromatic heterocycles. The van der Waals surface area contributed by atoms with E-state index in [1.807, 2.05) is 0 Å². The maximum absolute atomic E-state index is 12.3. The zero-order chi connectivity index (χ0) is 16.1. The molecule has 5 heteroatoms. The molecule has 0 aliphatic carbocycles. The first-order valence-electron chi connectivity index (χ1n) is 7.12. The van der Waals surface area contributed by atoms with Crippen LogP contribution < -0.4 is 9.64 Å². The van der Waals surface area contributed by atoms with Gasteiger partial charge in [0.15, 0.2) is 6.10 Å². The largest absolute Gasteiger partial charge is 0.497 e. The highest BCUT2D eigenvalue weighted by molar-refractivity contribution is 6.05. The molecule has 1 aliphatic heterocycles. The molecule has 1 aliphatic rings. The maximum Gasteiger partial charge on any atom is 0.258 e. The van der Waals surface area contributed by atoms with Crippen molar-refractivity contribution in [3.8, 4) is 5.75 Å². The SMILES string of the molecule is C=CCO[C@H]1C(=O)N(c2ccc(OC)cc2)[C@H]1[C@H](O)CC=C. The third-order valence-electron chi connectivity index (χ3n) is 3.64. The number of amides is 1. The highest BCUT2D eigenvalue weighted by Gasteiger charge is 2.52. The topological polar surface area (TPSA) is 59.0 Å². The minimum absolute atomic E-state index is 0.167. The summed E-state index contributed by atoms with van der Waals surface area (Å²) in [7, 11) is 1.58. The van der Waals surface area contributed by atoms with Gasteiger partial charge in [-0.15, -0.1) is 13.2 Å². The Hall–Kier alpha value is -2.11. The number of aliphatic hydroxyl groups is 1. The molecule has 2 rings (SSSR count). The van der Waals surface area contributed by atoms with E-state index in [1.165, 1.54) is 0 Å². The van der Waals surface area contributed by atoms with Crippen LogP contribution >= 0.6 is 0 Å². The lowest BCUT2D eigenvalue weighted by Crippen LogP contribution is -2.70. The van der Waals surface area contributed by atoms with Crippen molar-refractivity contribution in [3.05, 3.63) is 49.6 Å². The number of rotatable bonds is 8. The van der Waals surface area contributed by atoms with Gasteiger partial charge in [-0.05, 0) is 30.7 Å². The monoisotopic (exact) mass is 303 g/mol. The summed E-state index contributed by atoms with van der Waals surface area (Å²) >= 11 is 0. The fourth-order valence-corrected chi connectivity index (χ4v) is 2.55. The first-order valence-corrected chi connectivity index (χ1v) is 7.12. The van der Waals surface area contributed by atoms with Gasteiger partial charge in [0, 0.05) is 5.69 Å². The average Bonchev–Trinajstić information content (AvgIpc) is 2.53. The smallest absolute Gasteiger partial charge is 0.258 e. The van der Waals surface area contributed by atoms with E-state index in [0.29, 0.717) is 17.9 Å². The van der Waals surface area contributed by atoms with Crippen LogP contribution in [0.4, 0.5) is 5.69 Å². The molecule has 0 radical (unpaired) electrons. The van der Waals surface area contributed by atoms with Crippen LogP contribution in [-0.4, -0.2) is 43.0 Å². The van der Waals surface area contributed by atoms with Crippen molar-refractivity contribution in [2.75, 3.05) is 18.6 Å². The standard InChI is InChI=1S/C17H21NO4/c1-4-6-14(19)15-16(22-11-5-2)17(20)18(15)12-7-9-13(21-3)10-8-12/h4-5,7-10,14-16,19H,1-2,6,11H2,3H3/t14-,15+,16-/m1/s1. The summed E-state index contributed by atoms with van der Waals surface area (Å²) in [5.74, 6) is 0.541. The van der Waals surface area contributed by atoms with Gasteiger partial charge in [-0.1, -0.05) is 12.2 Å². The highest BCUT2D eigenvalue weighted by atomic mass is 16.5. The van der Waals surface area contributed by atoms with Gasteiger partial charge in [0.05, 0.1) is 25.9 Å². The van der Waals surface area contributed by atoms with E-state index < -0.39 is 18.2 Å². The lowest BCUT2D eigenvalue weighted by Gasteiger charge is -2.48. The summed E-state index contributed by atoms with van der Waals surface area (Å²) in [4.78, 5) is 13.9. The molecular weight excluding hydrogens is 282 g/mol. The molecule has 0 spiro atoms. The predicted molar refractivity (Wildman–Crippen MR) is 85.0 cm³/mol. The van der Waals surface area contributed by atoms with Gasteiger partial charge in [0.25, 0.3) is 5.91 Å². The number of nitrogens with zero attached hydrogens (tertiary/aromatic N) is 1. The van der Waals surface area contributed by atoms with Crippen LogP contribution in [0, 0.1) is 0 Å². The molecular formula is C17H21NO4. The summed E-state index contributed by atoms with van der Waals surface area (Å²) in [5, 5.41) is 10.3. The summed E-state index contributed by atoms with van der Waals surface area (Å²) in [6.45, 7) is 7.48. The lowest BCUT2D eigenvalue weighted by molar-refractivity contribution is -0.145. The molecule has 0 bridgehead atoms.